The van der Waals surface area contributed by atoms with E-state index in [4.69, 9.17) is 11.6 Å². The lowest BCUT2D eigenvalue weighted by Gasteiger charge is -2.08. The van der Waals surface area contributed by atoms with E-state index in [0.29, 0.717) is 6.54 Å². The highest BCUT2D eigenvalue weighted by Gasteiger charge is 2.02. The predicted molar refractivity (Wildman–Crippen MR) is 84.9 cm³/mol. The van der Waals surface area contributed by atoms with E-state index in [1.165, 1.54) is 0 Å². The van der Waals surface area contributed by atoms with Crippen molar-refractivity contribution in [3.05, 3.63) is 71.4 Å². The van der Waals surface area contributed by atoms with E-state index in [2.05, 4.69) is 15.3 Å². The first kappa shape index (κ1) is 13.6. The second kappa shape index (κ2) is 5.97. The first-order valence-corrected chi connectivity index (χ1v) is 7.05. The zero-order valence-electron chi connectivity index (χ0n) is 11.6. The van der Waals surface area contributed by atoms with Crippen LogP contribution in [-0.2, 0) is 6.54 Å². The number of imidazole rings is 1. The Kier molecular flexibility index (Phi) is 3.88. The molecule has 1 N–H and O–H groups in total. The lowest BCUT2D eigenvalue weighted by Crippen LogP contribution is -2.02. The Bertz CT molecular complexity index is 734. The molecule has 4 nitrogen and oxygen atoms in total. The molecule has 21 heavy (non-hydrogen) atoms. The first-order chi connectivity index (χ1) is 10.2. The van der Waals surface area contributed by atoms with Crippen LogP contribution in [0.5, 0.6) is 0 Å². The monoisotopic (exact) mass is 298 g/mol. The molecule has 0 bridgehead atoms. The number of aromatic nitrogens is 3. The van der Waals surface area contributed by atoms with E-state index in [-0.39, 0.29) is 0 Å². The summed E-state index contributed by atoms with van der Waals surface area (Å²) in [5.41, 5.74) is 2.11. The van der Waals surface area contributed by atoms with Crippen LogP contribution in [0.1, 0.15) is 11.4 Å². The van der Waals surface area contributed by atoms with E-state index in [9.17, 15) is 0 Å². The quantitative estimate of drug-likeness (QED) is 0.796. The molecular formula is C16H15ClN4. The molecule has 0 unspecified atom stereocenters. The van der Waals surface area contributed by atoms with Crippen LogP contribution in [-0.4, -0.2) is 14.5 Å². The van der Waals surface area contributed by atoms with Gasteiger partial charge in [0.25, 0.3) is 0 Å². The van der Waals surface area contributed by atoms with E-state index < -0.39 is 0 Å². The molecule has 0 aliphatic heterocycles. The smallest absolute Gasteiger partial charge is 0.138 e. The van der Waals surface area contributed by atoms with E-state index >= 15 is 0 Å². The average Bonchev–Trinajstić information content (AvgIpc) is 2.92. The molecule has 2 heterocycles. The van der Waals surface area contributed by atoms with Crippen molar-refractivity contribution >= 4 is 17.3 Å². The van der Waals surface area contributed by atoms with Crippen LogP contribution in [0.3, 0.4) is 0 Å². The second-order valence-corrected chi connectivity index (χ2v) is 5.17. The van der Waals surface area contributed by atoms with Crippen LogP contribution in [0.2, 0.25) is 5.02 Å². The zero-order chi connectivity index (χ0) is 14.7. The summed E-state index contributed by atoms with van der Waals surface area (Å²) < 4.78 is 1.95. The Morgan fingerprint density at radius 3 is 2.76 bits per heavy atom. The van der Waals surface area contributed by atoms with Gasteiger partial charge in [-0.15, -0.1) is 0 Å². The van der Waals surface area contributed by atoms with Gasteiger partial charge in [-0.1, -0.05) is 23.7 Å². The number of nitrogens with zero attached hydrogens (tertiary/aromatic N) is 3. The third-order valence-electron chi connectivity index (χ3n) is 3.21. The van der Waals surface area contributed by atoms with Crippen LogP contribution in [0.4, 0.5) is 5.69 Å². The number of benzene rings is 1. The Labute approximate surface area is 128 Å². The van der Waals surface area contributed by atoms with Crippen molar-refractivity contribution in [2.75, 3.05) is 5.32 Å². The van der Waals surface area contributed by atoms with Gasteiger partial charge in [-0.25, -0.2) is 9.97 Å². The van der Waals surface area contributed by atoms with Crippen molar-refractivity contribution in [2.24, 2.45) is 0 Å². The predicted octanol–water partition coefficient (Wildman–Crippen LogP) is 3.84. The highest BCUT2D eigenvalue weighted by molar-refractivity contribution is 6.30. The molecule has 5 heteroatoms. The average molecular weight is 299 g/mol. The standard InChI is InChI=1S/C16H15ClN4/c1-12-18-7-8-21(12)16-6-5-15(11-20-16)19-10-13-3-2-4-14(17)9-13/h2-9,11,19H,10H2,1H3. The summed E-state index contributed by atoms with van der Waals surface area (Å²) in [7, 11) is 0. The maximum absolute atomic E-state index is 5.97. The SMILES string of the molecule is Cc1nccn1-c1ccc(NCc2cccc(Cl)c2)cn1. The third-order valence-corrected chi connectivity index (χ3v) is 3.44. The van der Waals surface area contributed by atoms with Crippen molar-refractivity contribution in [3.8, 4) is 5.82 Å². The number of anilines is 1. The molecule has 0 radical (unpaired) electrons. The molecule has 0 saturated heterocycles. The zero-order valence-corrected chi connectivity index (χ0v) is 12.4. The number of halogens is 1. The molecule has 3 aromatic rings. The highest BCUT2D eigenvalue weighted by atomic mass is 35.5. The minimum Gasteiger partial charge on any atom is -0.380 e. The molecule has 106 valence electrons. The van der Waals surface area contributed by atoms with Gasteiger partial charge in [-0.3, -0.25) is 4.57 Å². The molecule has 0 atom stereocenters. The Morgan fingerprint density at radius 2 is 2.10 bits per heavy atom. The molecule has 1 aromatic carbocycles. The maximum Gasteiger partial charge on any atom is 0.138 e. The lowest BCUT2D eigenvalue weighted by atomic mass is 10.2. The van der Waals surface area contributed by atoms with Crippen LogP contribution in [0.15, 0.2) is 55.0 Å². The maximum atomic E-state index is 5.97. The van der Waals surface area contributed by atoms with E-state index in [0.717, 1.165) is 27.9 Å². The summed E-state index contributed by atoms with van der Waals surface area (Å²) in [5, 5.41) is 4.08. The molecule has 0 amide bonds. The van der Waals surface area contributed by atoms with Crippen LogP contribution >= 0.6 is 11.6 Å². The van der Waals surface area contributed by atoms with Crippen LogP contribution in [0.25, 0.3) is 5.82 Å². The normalized spacial score (nSPS) is 10.6. The largest absolute Gasteiger partial charge is 0.380 e. The molecule has 3 rings (SSSR count). The molecule has 2 aromatic heterocycles. The van der Waals surface area contributed by atoms with Crippen molar-refractivity contribution < 1.29 is 0 Å². The van der Waals surface area contributed by atoms with Gasteiger partial charge in [-0.05, 0) is 36.8 Å². The summed E-state index contributed by atoms with van der Waals surface area (Å²) in [5.74, 6) is 1.78. The number of aryl methyl sites for hydroxylation is 1. The second-order valence-electron chi connectivity index (χ2n) is 4.73. The van der Waals surface area contributed by atoms with Gasteiger partial charge in [0.2, 0.25) is 0 Å². The highest BCUT2D eigenvalue weighted by Crippen LogP contribution is 2.14. The minimum atomic E-state index is 0.714. The molecule has 0 spiro atoms. The fourth-order valence-corrected chi connectivity index (χ4v) is 2.32. The number of hydrogen-bond acceptors (Lipinski definition) is 3. The molecular weight excluding hydrogens is 284 g/mol. The van der Waals surface area contributed by atoms with Gasteiger partial charge >= 0.3 is 0 Å². The summed E-state index contributed by atoms with van der Waals surface area (Å²) in [6.07, 6.45) is 5.48. The Balaban J connectivity index is 1.69. The minimum absolute atomic E-state index is 0.714. The number of hydrogen-bond donors (Lipinski definition) is 1. The van der Waals surface area contributed by atoms with Gasteiger partial charge in [0.05, 0.1) is 11.9 Å². The summed E-state index contributed by atoms with van der Waals surface area (Å²) in [4.78, 5) is 8.64. The summed E-state index contributed by atoms with van der Waals surface area (Å²) >= 11 is 5.97. The summed E-state index contributed by atoms with van der Waals surface area (Å²) in [6, 6.07) is 11.8. The fraction of sp³-hybridized carbons (Fsp3) is 0.125. The van der Waals surface area contributed by atoms with Crippen LogP contribution in [0, 0.1) is 6.92 Å². The fourth-order valence-electron chi connectivity index (χ4n) is 2.10. The van der Waals surface area contributed by atoms with Gasteiger partial charge in [0, 0.05) is 24.0 Å². The van der Waals surface area contributed by atoms with Crippen molar-refractivity contribution in [3.63, 3.8) is 0 Å². The topological polar surface area (TPSA) is 42.7 Å². The molecule has 0 saturated carbocycles. The summed E-state index contributed by atoms with van der Waals surface area (Å²) in [6.45, 7) is 2.67. The molecule has 0 fully saturated rings. The van der Waals surface area contributed by atoms with Crippen molar-refractivity contribution in [1.29, 1.82) is 0 Å². The van der Waals surface area contributed by atoms with Gasteiger partial charge in [0.1, 0.15) is 11.6 Å². The van der Waals surface area contributed by atoms with Gasteiger partial charge < -0.3 is 5.32 Å². The Morgan fingerprint density at radius 1 is 1.19 bits per heavy atom. The number of rotatable bonds is 4. The third kappa shape index (κ3) is 3.23. The van der Waals surface area contributed by atoms with Crippen LogP contribution < -0.4 is 5.32 Å². The van der Waals surface area contributed by atoms with E-state index in [1.54, 1.807) is 6.20 Å². The van der Waals surface area contributed by atoms with Gasteiger partial charge in [-0.2, -0.15) is 0 Å². The first-order valence-electron chi connectivity index (χ1n) is 6.67. The number of nitrogens with one attached hydrogen (secondary N) is 1. The number of pyridine rings is 1. The molecule has 0 aliphatic carbocycles. The van der Waals surface area contributed by atoms with E-state index in [1.807, 2.05) is 60.3 Å². The van der Waals surface area contributed by atoms with Crippen molar-refractivity contribution in [1.82, 2.24) is 14.5 Å². The Hall–Kier alpha value is -2.33. The van der Waals surface area contributed by atoms with Crippen molar-refractivity contribution in [2.45, 2.75) is 13.5 Å². The molecule has 0 aliphatic rings. The lowest BCUT2D eigenvalue weighted by molar-refractivity contribution is 0.932. The van der Waals surface area contributed by atoms with Gasteiger partial charge in [0.15, 0.2) is 0 Å².